The molecule has 1 aliphatic heterocycles. The number of carbonyl (C=O) groups is 1. The maximum atomic E-state index is 11.3. The van der Waals surface area contributed by atoms with Crippen LogP contribution in [0.3, 0.4) is 0 Å². The van der Waals surface area contributed by atoms with E-state index < -0.39 is 21.9 Å². The van der Waals surface area contributed by atoms with E-state index in [0.717, 1.165) is 0 Å². The fourth-order valence-corrected chi connectivity index (χ4v) is 3.50. The molecule has 1 heterocycles. The fourth-order valence-electron chi connectivity index (χ4n) is 1.91. The molecule has 0 spiro atoms. The normalized spacial score (nSPS) is 21.7. The van der Waals surface area contributed by atoms with Gasteiger partial charge in [-0.25, -0.2) is 13.2 Å². The molecule has 0 aliphatic carbocycles. The molecule has 1 unspecified atom stereocenters. The highest BCUT2D eigenvalue weighted by molar-refractivity contribution is 7.91. The van der Waals surface area contributed by atoms with Gasteiger partial charge in [-0.15, -0.1) is 0 Å². The Balaban J connectivity index is 2.25. The molecular formula is C11H13NO5S. The zero-order chi connectivity index (χ0) is 13.3. The van der Waals surface area contributed by atoms with Gasteiger partial charge in [0.1, 0.15) is 17.4 Å². The van der Waals surface area contributed by atoms with Gasteiger partial charge in [0.05, 0.1) is 11.5 Å². The van der Waals surface area contributed by atoms with Gasteiger partial charge in [0, 0.05) is 5.69 Å². The number of aromatic carboxylic acids is 1. The number of nitrogen functional groups attached to an aromatic ring is 1. The zero-order valence-corrected chi connectivity index (χ0v) is 10.3. The van der Waals surface area contributed by atoms with Crippen LogP contribution in [0.15, 0.2) is 18.2 Å². The summed E-state index contributed by atoms with van der Waals surface area (Å²) < 4.78 is 28.0. The Morgan fingerprint density at radius 1 is 1.44 bits per heavy atom. The van der Waals surface area contributed by atoms with Crippen molar-refractivity contribution in [2.75, 3.05) is 17.2 Å². The number of rotatable bonds is 3. The highest BCUT2D eigenvalue weighted by Gasteiger charge is 2.30. The molecule has 3 N–H and O–H groups in total. The summed E-state index contributed by atoms with van der Waals surface area (Å²) in [5.74, 6) is -1.09. The molecule has 1 atom stereocenters. The van der Waals surface area contributed by atoms with Crippen LogP contribution in [0.1, 0.15) is 16.8 Å². The highest BCUT2D eigenvalue weighted by Crippen LogP contribution is 2.27. The van der Waals surface area contributed by atoms with Gasteiger partial charge in [0.15, 0.2) is 9.84 Å². The number of anilines is 1. The van der Waals surface area contributed by atoms with Crippen LogP contribution >= 0.6 is 0 Å². The van der Waals surface area contributed by atoms with Crippen molar-refractivity contribution in [3.05, 3.63) is 23.8 Å². The molecular weight excluding hydrogens is 258 g/mol. The summed E-state index contributed by atoms with van der Waals surface area (Å²) in [6.45, 7) is 0. The van der Waals surface area contributed by atoms with E-state index in [-0.39, 0.29) is 28.5 Å². The molecule has 1 aromatic carbocycles. The zero-order valence-electron chi connectivity index (χ0n) is 9.50. The van der Waals surface area contributed by atoms with Crippen LogP contribution < -0.4 is 10.5 Å². The first-order valence-corrected chi connectivity index (χ1v) is 7.20. The number of nitrogens with two attached hydrogens (primary N) is 1. The van der Waals surface area contributed by atoms with Crippen LogP contribution in [-0.4, -0.2) is 37.1 Å². The third kappa shape index (κ3) is 2.56. The summed E-state index contributed by atoms with van der Waals surface area (Å²) in [6.07, 6.45) is -0.134. The Hall–Kier alpha value is -1.76. The maximum absolute atomic E-state index is 11.3. The van der Waals surface area contributed by atoms with Crippen molar-refractivity contribution in [1.82, 2.24) is 0 Å². The molecule has 0 amide bonds. The molecule has 0 aromatic heterocycles. The van der Waals surface area contributed by atoms with Gasteiger partial charge in [-0.1, -0.05) is 6.07 Å². The number of benzene rings is 1. The summed E-state index contributed by atoms with van der Waals surface area (Å²) in [5, 5.41) is 9.04. The van der Waals surface area contributed by atoms with Crippen molar-refractivity contribution in [2.24, 2.45) is 0 Å². The Labute approximate surface area is 104 Å². The minimum absolute atomic E-state index is 0.0718. The fraction of sp³-hybridized carbons (Fsp3) is 0.364. The van der Waals surface area contributed by atoms with E-state index in [2.05, 4.69) is 0 Å². The van der Waals surface area contributed by atoms with Crippen LogP contribution in [0.2, 0.25) is 0 Å². The van der Waals surface area contributed by atoms with Gasteiger partial charge in [0.25, 0.3) is 0 Å². The molecule has 7 heteroatoms. The Morgan fingerprint density at radius 2 is 2.17 bits per heavy atom. The third-order valence-electron chi connectivity index (χ3n) is 2.76. The lowest BCUT2D eigenvalue weighted by atomic mass is 10.1. The van der Waals surface area contributed by atoms with E-state index in [9.17, 15) is 13.2 Å². The minimum atomic E-state index is -3.06. The first-order valence-electron chi connectivity index (χ1n) is 5.38. The van der Waals surface area contributed by atoms with Gasteiger partial charge in [-0.2, -0.15) is 0 Å². The molecule has 0 saturated carbocycles. The van der Waals surface area contributed by atoms with Gasteiger partial charge in [-0.3, -0.25) is 0 Å². The van der Waals surface area contributed by atoms with Crippen molar-refractivity contribution < 1.29 is 23.1 Å². The summed E-state index contributed by atoms with van der Waals surface area (Å²) in [4.78, 5) is 11.1. The summed E-state index contributed by atoms with van der Waals surface area (Å²) in [5.41, 5.74) is 5.55. The molecule has 6 nitrogen and oxygen atoms in total. The first kappa shape index (κ1) is 12.7. The number of hydrogen-bond acceptors (Lipinski definition) is 5. The van der Waals surface area contributed by atoms with E-state index >= 15 is 0 Å². The van der Waals surface area contributed by atoms with E-state index in [1.165, 1.54) is 12.1 Å². The van der Waals surface area contributed by atoms with Gasteiger partial charge < -0.3 is 15.6 Å². The first-order chi connectivity index (χ1) is 8.39. The van der Waals surface area contributed by atoms with Crippen LogP contribution in [-0.2, 0) is 9.84 Å². The number of carboxylic acid groups (broad SMARTS) is 1. The molecule has 98 valence electrons. The molecule has 1 aromatic rings. The largest absolute Gasteiger partial charge is 0.488 e. The lowest BCUT2D eigenvalue weighted by molar-refractivity contribution is 0.0691. The van der Waals surface area contributed by atoms with E-state index in [0.29, 0.717) is 6.42 Å². The van der Waals surface area contributed by atoms with E-state index in [1.54, 1.807) is 6.07 Å². The second-order valence-corrected chi connectivity index (χ2v) is 6.40. The van der Waals surface area contributed by atoms with Crippen molar-refractivity contribution in [1.29, 1.82) is 0 Å². The maximum Gasteiger partial charge on any atom is 0.341 e. The Bertz CT molecular complexity index is 581. The van der Waals surface area contributed by atoms with Crippen molar-refractivity contribution >= 4 is 21.5 Å². The second-order valence-electron chi connectivity index (χ2n) is 4.17. The van der Waals surface area contributed by atoms with Gasteiger partial charge >= 0.3 is 5.97 Å². The monoisotopic (exact) mass is 271 g/mol. The molecule has 18 heavy (non-hydrogen) atoms. The lowest BCUT2D eigenvalue weighted by Gasteiger charge is -2.15. The standard InChI is InChI=1S/C11H13NO5S/c12-8-2-1-3-9(10(8)11(13)14)17-7-4-5-18(15,16)6-7/h1-3,7H,4-6,12H2,(H,13,14). The molecule has 2 rings (SSSR count). The molecule has 0 bridgehead atoms. The van der Waals surface area contributed by atoms with E-state index in [4.69, 9.17) is 15.6 Å². The van der Waals surface area contributed by atoms with Crippen molar-refractivity contribution in [2.45, 2.75) is 12.5 Å². The smallest absolute Gasteiger partial charge is 0.341 e. The lowest BCUT2D eigenvalue weighted by Crippen LogP contribution is -2.19. The summed E-state index contributed by atoms with van der Waals surface area (Å²) in [6, 6.07) is 4.51. The van der Waals surface area contributed by atoms with Crippen LogP contribution in [0.25, 0.3) is 0 Å². The minimum Gasteiger partial charge on any atom is -0.488 e. The van der Waals surface area contributed by atoms with Crippen LogP contribution in [0.4, 0.5) is 5.69 Å². The predicted molar refractivity (Wildman–Crippen MR) is 65.5 cm³/mol. The summed E-state index contributed by atoms with van der Waals surface area (Å²) in [7, 11) is -3.06. The van der Waals surface area contributed by atoms with Gasteiger partial charge in [0.2, 0.25) is 0 Å². The molecule has 1 aliphatic rings. The third-order valence-corrected chi connectivity index (χ3v) is 4.49. The highest BCUT2D eigenvalue weighted by atomic mass is 32.2. The number of sulfone groups is 1. The topological polar surface area (TPSA) is 107 Å². The Kier molecular flexibility index (Phi) is 3.16. The second kappa shape index (κ2) is 4.49. The molecule has 1 saturated heterocycles. The van der Waals surface area contributed by atoms with E-state index in [1.807, 2.05) is 0 Å². The SMILES string of the molecule is Nc1cccc(OC2CCS(=O)(=O)C2)c1C(=O)O. The predicted octanol–water partition coefficient (Wildman–Crippen LogP) is 0.533. The average Bonchev–Trinajstić information content (AvgIpc) is 2.57. The summed E-state index contributed by atoms with van der Waals surface area (Å²) >= 11 is 0. The van der Waals surface area contributed by atoms with Crippen LogP contribution in [0.5, 0.6) is 5.75 Å². The quantitative estimate of drug-likeness (QED) is 0.777. The molecule has 0 radical (unpaired) electrons. The van der Waals surface area contributed by atoms with Gasteiger partial charge in [-0.05, 0) is 18.6 Å². The number of hydrogen-bond donors (Lipinski definition) is 2. The number of carboxylic acids is 1. The van der Waals surface area contributed by atoms with Crippen LogP contribution in [0, 0.1) is 0 Å². The Morgan fingerprint density at radius 3 is 2.72 bits per heavy atom. The van der Waals surface area contributed by atoms with Crippen molar-refractivity contribution in [3.63, 3.8) is 0 Å². The number of ether oxygens (including phenoxy) is 1. The molecule has 1 fully saturated rings. The average molecular weight is 271 g/mol. The van der Waals surface area contributed by atoms with Crippen molar-refractivity contribution in [3.8, 4) is 5.75 Å².